The summed E-state index contributed by atoms with van der Waals surface area (Å²) in [5, 5.41) is 11.6. The summed E-state index contributed by atoms with van der Waals surface area (Å²) in [6, 6.07) is 4.69. The molecule has 1 aromatic heterocycles. The van der Waals surface area contributed by atoms with Gasteiger partial charge in [-0.1, -0.05) is 6.07 Å². The number of nitrogens with one attached hydrogen (secondary N) is 1. The number of hydrogen-bond acceptors (Lipinski definition) is 3. The number of aromatic nitrogens is 1. The third-order valence-electron chi connectivity index (χ3n) is 2.24. The maximum absolute atomic E-state index is 13.3. The standard InChI is InChI=1S/C12H8F2N2O2/c13-8-2-1-3-9(11(8)14)16-12(18)7-4-5-15-6-10(7)17/h1-6,17H,(H,16,18). The first-order valence-corrected chi connectivity index (χ1v) is 4.98. The van der Waals surface area contributed by atoms with Crippen molar-refractivity contribution < 1.29 is 18.7 Å². The van der Waals surface area contributed by atoms with Gasteiger partial charge in [0.05, 0.1) is 17.4 Å². The van der Waals surface area contributed by atoms with Crippen LogP contribution in [0.4, 0.5) is 14.5 Å². The number of carbonyl (C=O) groups is 1. The van der Waals surface area contributed by atoms with Crippen LogP contribution in [0, 0.1) is 11.6 Å². The topological polar surface area (TPSA) is 62.2 Å². The maximum Gasteiger partial charge on any atom is 0.259 e. The maximum atomic E-state index is 13.3. The van der Waals surface area contributed by atoms with E-state index in [4.69, 9.17) is 0 Å². The molecule has 4 nitrogen and oxygen atoms in total. The number of rotatable bonds is 2. The van der Waals surface area contributed by atoms with Crippen LogP contribution in [0.2, 0.25) is 0 Å². The molecule has 18 heavy (non-hydrogen) atoms. The molecule has 0 saturated carbocycles. The van der Waals surface area contributed by atoms with Gasteiger partial charge < -0.3 is 10.4 Å². The lowest BCUT2D eigenvalue weighted by Crippen LogP contribution is -2.13. The van der Waals surface area contributed by atoms with Crippen molar-refractivity contribution in [2.45, 2.75) is 0 Å². The van der Waals surface area contributed by atoms with Crippen LogP contribution in [0.3, 0.4) is 0 Å². The van der Waals surface area contributed by atoms with Gasteiger partial charge in [0.25, 0.3) is 5.91 Å². The Morgan fingerprint density at radius 2 is 2.06 bits per heavy atom. The second-order valence-corrected chi connectivity index (χ2v) is 3.45. The van der Waals surface area contributed by atoms with E-state index in [1.54, 1.807) is 0 Å². The van der Waals surface area contributed by atoms with Gasteiger partial charge in [-0.3, -0.25) is 9.78 Å². The largest absolute Gasteiger partial charge is 0.505 e. The molecular formula is C12H8F2N2O2. The zero-order valence-corrected chi connectivity index (χ0v) is 9.02. The summed E-state index contributed by atoms with van der Waals surface area (Å²) in [5.41, 5.74) is -0.370. The monoisotopic (exact) mass is 250 g/mol. The van der Waals surface area contributed by atoms with Crippen LogP contribution in [-0.2, 0) is 0 Å². The molecule has 0 radical (unpaired) electrons. The molecule has 1 aromatic carbocycles. The van der Waals surface area contributed by atoms with Crippen LogP contribution in [0.1, 0.15) is 10.4 Å². The Labute approximate surface area is 101 Å². The number of anilines is 1. The zero-order chi connectivity index (χ0) is 13.1. The SMILES string of the molecule is O=C(Nc1cccc(F)c1F)c1ccncc1O. The second kappa shape index (κ2) is 4.79. The molecule has 1 heterocycles. The number of carbonyl (C=O) groups excluding carboxylic acids is 1. The first-order chi connectivity index (χ1) is 8.59. The highest BCUT2D eigenvalue weighted by Gasteiger charge is 2.14. The first-order valence-electron chi connectivity index (χ1n) is 4.98. The normalized spacial score (nSPS) is 10.1. The minimum Gasteiger partial charge on any atom is -0.505 e. The summed E-state index contributed by atoms with van der Waals surface area (Å²) < 4.78 is 26.2. The molecule has 0 saturated heterocycles. The number of pyridine rings is 1. The quantitative estimate of drug-likeness (QED) is 0.859. The van der Waals surface area contributed by atoms with Crippen LogP contribution < -0.4 is 5.32 Å². The van der Waals surface area contributed by atoms with Gasteiger partial charge in [-0.2, -0.15) is 0 Å². The molecule has 2 aromatic rings. The molecule has 0 unspecified atom stereocenters. The van der Waals surface area contributed by atoms with Crippen molar-refractivity contribution in [3.05, 3.63) is 53.9 Å². The van der Waals surface area contributed by atoms with Gasteiger partial charge in [-0.25, -0.2) is 8.78 Å². The lowest BCUT2D eigenvalue weighted by Gasteiger charge is -2.07. The molecule has 0 aliphatic carbocycles. The molecule has 1 amide bonds. The third kappa shape index (κ3) is 2.27. The number of nitrogens with zero attached hydrogens (tertiary/aromatic N) is 1. The van der Waals surface area contributed by atoms with Gasteiger partial charge in [-0.15, -0.1) is 0 Å². The molecule has 2 N–H and O–H groups in total. The molecule has 92 valence electrons. The van der Waals surface area contributed by atoms with Gasteiger partial charge in [0.15, 0.2) is 11.6 Å². The van der Waals surface area contributed by atoms with Crippen LogP contribution >= 0.6 is 0 Å². The summed E-state index contributed by atoms with van der Waals surface area (Å²) in [6.07, 6.45) is 2.38. The van der Waals surface area contributed by atoms with Crippen molar-refractivity contribution in [3.63, 3.8) is 0 Å². The summed E-state index contributed by atoms with van der Waals surface area (Å²) in [5.74, 6) is -3.31. The van der Waals surface area contributed by atoms with Crippen molar-refractivity contribution in [2.24, 2.45) is 0 Å². The highest BCUT2D eigenvalue weighted by Crippen LogP contribution is 2.20. The Morgan fingerprint density at radius 1 is 1.28 bits per heavy atom. The van der Waals surface area contributed by atoms with E-state index in [0.717, 1.165) is 12.3 Å². The molecule has 2 rings (SSSR count). The number of halogens is 2. The summed E-state index contributed by atoms with van der Waals surface area (Å²) in [6.45, 7) is 0. The molecular weight excluding hydrogens is 242 g/mol. The molecule has 0 aliphatic rings. The fourth-order valence-corrected chi connectivity index (χ4v) is 1.37. The Morgan fingerprint density at radius 3 is 2.78 bits per heavy atom. The lowest BCUT2D eigenvalue weighted by atomic mass is 10.2. The lowest BCUT2D eigenvalue weighted by molar-refractivity contribution is 0.102. The summed E-state index contributed by atoms with van der Waals surface area (Å²) in [7, 11) is 0. The van der Waals surface area contributed by atoms with Crippen LogP contribution in [0.25, 0.3) is 0 Å². The summed E-state index contributed by atoms with van der Waals surface area (Å²) in [4.78, 5) is 15.3. The Hall–Kier alpha value is -2.50. The second-order valence-electron chi connectivity index (χ2n) is 3.45. The van der Waals surface area contributed by atoms with Crippen molar-refractivity contribution in [1.82, 2.24) is 4.98 Å². The molecule has 0 spiro atoms. The first kappa shape index (κ1) is 12.0. The van der Waals surface area contributed by atoms with E-state index < -0.39 is 17.5 Å². The predicted molar refractivity (Wildman–Crippen MR) is 60.2 cm³/mol. The van der Waals surface area contributed by atoms with E-state index in [1.165, 1.54) is 24.4 Å². The van der Waals surface area contributed by atoms with Crippen molar-refractivity contribution in [3.8, 4) is 5.75 Å². The molecule has 6 heteroatoms. The van der Waals surface area contributed by atoms with E-state index in [9.17, 15) is 18.7 Å². The zero-order valence-electron chi connectivity index (χ0n) is 9.02. The van der Waals surface area contributed by atoms with E-state index in [1.807, 2.05) is 0 Å². The third-order valence-corrected chi connectivity index (χ3v) is 2.24. The van der Waals surface area contributed by atoms with Gasteiger partial charge in [-0.05, 0) is 18.2 Å². The highest BCUT2D eigenvalue weighted by molar-refractivity contribution is 6.06. The van der Waals surface area contributed by atoms with Crippen LogP contribution in [-0.4, -0.2) is 16.0 Å². The average Bonchev–Trinajstić information content (AvgIpc) is 2.35. The van der Waals surface area contributed by atoms with Crippen LogP contribution in [0.15, 0.2) is 36.7 Å². The number of amides is 1. The van der Waals surface area contributed by atoms with Gasteiger partial charge in [0.2, 0.25) is 0 Å². The fourth-order valence-electron chi connectivity index (χ4n) is 1.37. The molecule has 0 fully saturated rings. The van der Waals surface area contributed by atoms with E-state index in [0.29, 0.717) is 0 Å². The molecule has 0 aliphatic heterocycles. The molecule has 0 atom stereocenters. The average molecular weight is 250 g/mol. The van der Waals surface area contributed by atoms with Gasteiger partial charge >= 0.3 is 0 Å². The van der Waals surface area contributed by atoms with E-state index in [-0.39, 0.29) is 17.0 Å². The van der Waals surface area contributed by atoms with Crippen LogP contribution in [0.5, 0.6) is 5.75 Å². The van der Waals surface area contributed by atoms with Crippen molar-refractivity contribution in [1.29, 1.82) is 0 Å². The van der Waals surface area contributed by atoms with E-state index >= 15 is 0 Å². The number of hydrogen-bond donors (Lipinski definition) is 2. The van der Waals surface area contributed by atoms with Crippen molar-refractivity contribution in [2.75, 3.05) is 5.32 Å². The van der Waals surface area contributed by atoms with Crippen molar-refractivity contribution >= 4 is 11.6 Å². The van der Waals surface area contributed by atoms with E-state index in [2.05, 4.69) is 10.3 Å². The fraction of sp³-hybridized carbons (Fsp3) is 0. The predicted octanol–water partition coefficient (Wildman–Crippen LogP) is 2.32. The minimum atomic E-state index is -1.15. The summed E-state index contributed by atoms with van der Waals surface area (Å²) >= 11 is 0. The minimum absolute atomic E-state index is 0.0753. The smallest absolute Gasteiger partial charge is 0.259 e. The molecule has 0 bridgehead atoms. The van der Waals surface area contributed by atoms with Gasteiger partial charge in [0, 0.05) is 6.20 Å². The number of benzene rings is 1. The Bertz CT molecular complexity index is 602. The highest BCUT2D eigenvalue weighted by atomic mass is 19.2. The Balaban J connectivity index is 2.27. The number of aromatic hydroxyl groups is 1. The Kier molecular flexibility index (Phi) is 3.18. The van der Waals surface area contributed by atoms with Gasteiger partial charge in [0.1, 0.15) is 5.75 Å².